The number of nitrogens with two attached hydrogens (primary N) is 1. The Morgan fingerprint density at radius 3 is 2.80 bits per heavy atom. The number of nitro groups is 1. The van der Waals surface area contributed by atoms with Gasteiger partial charge in [-0.05, 0) is 17.7 Å². The SMILES string of the molecule is CC(=O)NCc1ccc(-c2csc(NC(N)=NC(Cc3ccccc3)[N+](=O)[O-])n2)o1. The third kappa shape index (κ3) is 5.88. The van der Waals surface area contributed by atoms with Gasteiger partial charge in [0.25, 0.3) is 0 Å². The van der Waals surface area contributed by atoms with Gasteiger partial charge in [-0.15, -0.1) is 11.3 Å². The van der Waals surface area contributed by atoms with Gasteiger partial charge in [0.05, 0.1) is 13.0 Å². The molecule has 10 nitrogen and oxygen atoms in total. The van der Waals surface area contributed by atoms with Gasteiger partial charge < -0.3 is 20.8 Å². The topological polar surface area (TPSA) is 149 Å². The fourth-order valence-electron chi connectivity index (χ4n) is 2.56. The van der Waals surface area contributed by atoms with Gasteiger partial charge in [0.1, 0.15) is 11.5 Å². The molecule has 4 N–H and O–H groups in total. The monoisotopic (exact) mass is 428 g/mol. The van der Waals surface area contributed by atoms with Gasteiger partial charge in [0.2, 0.25) is 11.9 Å². The van der Waals surface area contributed by atoms with E-state index < -0.39 is 11.1 Å². The molecule has 2 aromatic heterocycles. The second-order valence-corrected chi connectivity index (χ2v) is 7.17. The normalized spacial score (nSPS) is 12.4. The molecule has 0 saturated carbocycles. The minimum atomic E-state index is -1.21. The van der Waals surface area contributed by atoms with Gasteiger partial charge >= 0.3 is 6.17 Å². The average molecular weight is 428 g/mol. The van der Waals surface area contributed by atoms with E-state index in [0.717, 1.165) is 5.56 Å². The Morgan fingerprint density at radius 1 is 1.33 bits per heavy atom. The molecule has 1 aromatic carbocycles. The third-order valence-corrected chi connectivity index (χ3v) is 4.72. The number of hydrogen-bond donors (Lipinski definition) is 3. The maximum absolute atomic E-state index is 11.3. The van der Waals surface area contributed by atoms with Crippen molar-refractivity contribution in [3.63, 3.8) is 0 Å². The molecule has 2 heterocycles. The second kappa shape index (κ2) is 9.65. The summed E-state index contributed by atoms with van der Waals surface area (Å²) in [5.74, 6) is 0.878. The van der Waals surface area contributed by atoms with Gasteiger partial charge in [-0.2, -0.15) is 4.99 Å². The van der Waals surface area contributed by atoms with Crippen molar-refractivity contribution in [2.45, 2.75) is 26.1 Å². The number of nitrogens with zero attached hydrogens (tertiary/aromatic N) is 3. The Bertz CT molecular complexity index is 1050. The van der Waals surface area contributed by atoms with Gasteiger partial charge in [0.15, 0.2) is 10.9 Å². The number of nitrogens with one attached hydrogen (secondary N) is 2. The zero-order valence-corrected chi connectivity index (χ0v) is 16.9. The summed E-state index contributed by atoms with van der Waals surface area (Å²) in [4.78, 5) is 30.2. The Morgan fingerprint density at radius 2 is 2.10 bits per heavy atom. The quantitative estimate of drug-likeness (QED) is 0.216. The van der Waals surface area contributed by atoms with Crippen LogP contribution in [0.3, 0.4) is 0 Å². The summed E-state index contributed by atoms with van der Waals surface area (Å²) in [5.41, 5.74) is 7.22. The number of carbonyl (C=O) groups excluding carboxylic acids is 1. The Kier molecular flexibility index (Phi) is 6.75. The first-order valence-electron chi connectivity index (χ1n) is 8.97. The van der Waals surface area contributed by atoms with Crippen LogP contribution in [0.4, 0.5) is 5.13 Å². The van der Waals surface area contributed by atoms with E-state index in [1.807, 2.05) is 18.2 Å². The fourth-order valence-corrected chi connectivity index (χ4v) is 3.27. The Balaban J connectivity index is 1.65. The Hall–Kier alpha value is -3.73. The van der Waals surface area contributed by atoms with E-state index >= 15 is 0 Å². The molecule has 0 fully saturated rings. The number of anilines is 1. The predicted octanol–water partition coefficient (Wildman–Crippen LogP) is 2.61. The van der Waals surface area contributed by atoms with Crippen LogP contribution in [0, 0.1) is 10.1 Å². The first kappa shape index (κ1) is 21.0. The van der Waals surface area contributed by atoms with Crippen molar-refractivity contribution in [1.82, 2.24) is 10.3 Å². The van der Waals surface area contributed by atoms with E-state index in [4.69, 9.17) is 10.2 Å². The summed E-state index contributed by atoms with van der Waals surface area (Å²) in [6, 6.07) is 12.6. The van der Waals surface area contributed by atoms with Crippen molar-refractivity contribution in [3.05, 3.63) is 69.3 Å². The summed E-state index contributed by atoms with van der Waals surface area (Å²) in [7, 11) is 0. The number of hydrogen-bond acceptors (Lipinski definition) is 7. The van der Waals surface area contributed by atoms with Gasteiger partial charge in [-0.1, -0.05) is 30.3 Å². The highest BCUT2D eigenvalue weighted by Crippen LogP contribution is 2.26. The molecule has 3 aromatic rings. The average Bonchev–Trinajstić information content (AvgIpc) is 3.36. The van der Waals surface area contributed by atoms with Crippen molar-refractivity contribution in [3.8, 4) is 11.5 Å². The van der Waals surface area contributed by atoms with Crippen molar-refractivity contribution in [1.29, 1.82) is 0 Å². The minimum Gasteiger partial charge on any atom is -0.458 e. The molecule has 0 aliphatic rings. The van der Waals surface area contributed by atoms with E-state index in [-0.39, 0.29) is 24.8 Å². The standard InChI is InChI=1S/C19H20N6O4S/c1-12(26)21-10-14-7-8-16(29-14)15-11-30-19(22-15)24-18(20)23-17(25(27)28)9-13-5-3-2-4-6-13/h2-8,11,17H,9-10H2,1H3,(H,21,26)(H3,20,22,23,24). The zero-order valence-electron chi connectivity index (χ0n) is 16.1. The number of guanidine groups is 1. The molecule has 156 valence electrons. The lowest BCUT2D eigenvalue weighted by molar-refractivity contribution is -0.520. The molecule has 0 spiro atoms. The van der Waals surface area contributed by atoms with E-state index in [1.54, 1.807) is 29.6 Å². The molecule has 11 heteroatoms. The number of aromatic nitrogens is 1. The zero-order chi connectivity index (χ0) is 21.5. The largest absolute Gasteiger partial charge is 0.458 e. The van der Waals surface area contributed by atoms with Crippen molar-refractivity contribution in [2.75, 3.05) is 5.32 Å². The molecular weight excluding hydrogens is 408 g/mol. The smallest absolute Gasteiger partial charge is 0.310 e. The molecule has 30 heavy (non-hydrogen) atoms. The van der Waals surface area contributed by atoms with Crippen LogP contribution in [0.15, 0.2) is 57.3 Å². The fraction of sp³-hybridized carbons (Fsp3) is 0.211. The highest BCUT2D eigenvalue weighted by Gasteiger charge is 2.20. The Labute approximate surface area is 176 Å². The molecule has 0 saturated heterocycles. The van der Waals surface area contributed by atoms with Crippen LogP contribution in [-0.2, 0) is 17.8 Å². The second-order valence-electron chi connectivity index (χ2n) is 6.31. The number of thiazole rings is 1. The molecule has 0 bridgehead atoms. The molecule has 1 atom stereocenters. The summed E-state index contributed by atoms with van der Waals surface area (Å²) < 4.78 is 5.65. The number of furan rings is 1. The van der Waals surface area contributed by atoms with Crippen LogP contribution < -0.4 is 16.4 Å². The van der Waals surface area contributed by atoms with Crippen molar-refractivity contribution in [2.24, 2.45) is 10.7 Å². The lowest BCUT2D eigenvalue weighted by Gasteiger charge is -2.07. The molecule has 0 aliphatic carbocycles. The van der Waals surface area contributed by atoms with E-state index in [2.05, 4.69) is 20.6 Å². The molecule has 3 rings (SSSR count). The summed E-state index contributed by atoms with van der Waals surface area (Å²) in [6.07, 6.45) is -1.08. The first-order valence-corrected chi connectivity index (χ1v) is 9.85. The highest BCUT2D eigenvalue weighted by molar-refractivity contribution is 7.14. The van der Waals surface area contributed by atoms with Gasteiger partial charge in [0, 0.05) is 17.2 Å². The van der Waals surface area contributed by atoms with Crippen LogP contribution in [0.1, 0.15) is 18.2 Å². The maximum Gasteiger partial charge on any atom is 0.310 e. The van der Waals surface area contributed by atoms with Crippen LogP contribution in [0.2, 0.25) is 0 Å². The first-order chi connectivity index (χ1) is 14.4. The number of carbonyl (C=O) groups is 1. The van der Waals surface area contributed by atoms with Crippen LogP contribution in [-0.4, -0.2) is 27.9 Å². The summed E-state index contributed by atoms with van der Waals surface area (Å²) >= 11 is 1.26. The van der Waals surface area contributed by atoms with Gasteiger partial charge in [-0.3, -0.25) is 14.9 Å². The molecule has 1 amide bonds. The van der Waals surface area contributed by atoms with Crippen LogP contribution in [0.5, 0.6) is 0 Å². The molecule has 1 unspecified atom stereocenters. The number of amides is 1. The number of aliphatic imine (C=N–C) groups is 1. The van der Waals surface area contributed by atoms with Crippen molar-refractivity contribution < 1.29 is 14.1 Å². The van der Waals surface area contributed by atoms with E-state index in [1.165, 1.54) is 18.3 Å². The van der Waals surface area contributed by atoms with E-state index in [0.29, 0.717) is 22.3 Å². The number of benzene rings is 1. The van der Waals surface area contributed by atoms with E-state index in [9.17, 15) is 14.9 Å². The lowest BCUT2D eigenvalue weighted by Crippen LogP contribution is -2.29. The predicted molar refractivity (Wildman–Crippen MR) is 114 cm³/mol. The maximum atomic E-state index is 11.3. The van der Waals surface area contributed by atoms with Gasteiger partial charge in [-0.25, -0.2) is 4.98 Å². The summed E-state index contributed by atoms with van der Waals surface area (Å²) in [5, 5.41) is 19.0. The number of rotatable bonds is 8. The third-order valence-electron chi connectivity index (χ3n) is 3.96. The summed E-state index contributed by atoms with van der Waals surface area (Å²) in [6.45, 7) is 1.71. The molecule has 0 aliphatic heterocycles. The highest BCUT2D eigenvalue weighted by atomic mass is 32.1. The van der Waals surface area contributed by atoms with Crippen LogP contribution >= 0.6 is 11.3 Å². The minimum absolute atomic E-state index is 0.0978. The lowest BCUT2D eigenvalue weighted by atomic mass is 10.1. The molecule has 0 radical (unpaired) electrons. The van der Waals surface area contributed by atoms with Crippen molar-refractivity contribution >= 4 is 28.3 Å². The molecular formula is C19H20N6O4S. The van der Waals surface area contributed by atoms with Crippen LogP contribution in [0.25, 0.3) is 11.5 Å².